The van der Waals surface area contributed by atoms with Gasteiger partial charge >= 0.3 is 0 Å². The summed E-state index contributed by atoms with van der Waals surface area (Å²) in [4.78, 5) is 10.5. The van der Waals surface area contributed by atoms with Gasteiger partial charge in [-0.15, -0.1) is 0 Å². The van der Waals surface area contributed by atoms with Crippen molar-refractivity contribution in [1.29, 1.82) is 0 Å². The number of hydrogen-bond donors (Lipinski definition) is 3. The maximum absolute atomic E-state index is 10.1. The van der Waals surface area contributed by atoms with Gasteiger partial charge in [-0.25, -0.2) is 15.8 Å². The highest BCUT2D eigenvalue weighted by molar-refractivity contribution is 9.10. The van der Waals surface area contributed by atoms with Gasteiger partial charge in [-0.2, -0.15) is 0 Å². The lowest BCUT2D eigenvalue weighted by atomic mass is 9.98. The molecule has 6 nitrogen and oxygen atoms in total. The van der Waals surface area contributed by atoms with Gasteiger partial charge in [-0.3, -0.25) is 0 Å². The minimum atomic E-state index is -0.580. The molecule has 18 heavy (non-hydrogen) atoms. The van der Waals surface area contributed by atoms with Crippen LogP contribution in [0.15, 0.2) is 10.8 Å². The van der Waals surface area contributed by atoms with E-state index in [-0.39, 0.29) is 0 Å². The second-order valence-corrected chi connectivity index (χ2v) is 5.63. The number of nitrogen functional groups attached to an aromatic ring is 1. The molecule has 100 valence electrons. The molecule has 0 saturated carbocycles. The fourth-order valence-electron chi connectivity index (χ4n) is 2.16. The number of aliphatic hydroxyl groups is 1. The molecular weight excluding hydrogens is 298 g/mol. The third kappa shape index (κ3) is 2.90. The minimum absolute atomic E-state index is 0.566. The van der Waals surface area contributed by atoms with Gasteiger partial charge in [0.15, 0.2) is 5.82 Å². The van der Waals surface area contributed by atoms with Crippen LogP contribution in [0.2, 0.25) is 0 Å². The molecule has 1 aromatic rings. The van der Waals surface area contributed by atoms with E-state index in [1.165, 1.54) is 6.33 Å². The molecule has 1 fully saturated rings. The molecule has 2 rings (SSSR count). The quantitative estimate of drug-likeness (QED) is 0.562. The summed E-state index contributed by atoms with van der Waals surface area (Å²) in [6.45, 7) is 3.53. The molecule has 0 aliphatic carbocycles. The molecule has 0 aromatic carbocycles. The van der Waals surface area contributed by atoms with Gasteiger partial charge < -0.3 is 15.4 Å². The zero-order chi connectivity index (χ0) is 13.2. The zero-order valence-corrected chi connectivity index (χ0v) is 11.9. The summed E-state index contributed by atoms with van der Waals surface area (Å²) in [7, 11) is 0. The van der Waals surface area contributed by atoms with Crippen LogP contribution in [0.3, 0.4) is 0 Å². The summed E-state index contributed by atoms with van der Waals surface area (Å²) in [6, 6.07) is 0. The number of nitrogens with two attached hydrogens (primary N) is 1. The van der Waals surface area contributed by atoms with Crippen molar-refractivity contribution in [1.82, 2.24) is 9.97 Å². The molecule has 1 aromatic heterocycles. The Labute approximate surface area is 115 Å². The molecular formula is C11H18BrN5O. The van der Waals surface area contributed by atoms with Gasteiger partial charge in [-0.05, 0) is 42.1 Å². The lowest BCUT2D eigenvalue weighted by Crippen LogP contribution is -2.29. The van der Waals surface area contributed by atoms with E-state index in [0.717, 1.165) is 42.6 Å². The van der Waals surface area contributed by atoms with E-state index >= 15 is 0 Å². The van der Waals surface area contributed by atoms with Crippen LogP contribution in [0.25, 0.3) is 0 Å². The van der Waals surface area contributed by atoms with Crippen molar-refractivity contribution in [3.05, 3.63) is 10.8 Å². The van der Waals surface area contributed by atoms with Crippen LogP contribution >= 0.6 is 15.9 Å². The van der Waals surface area contributed by atoms with Crippen molar-refractivity contribution < 1.29 is 5.11 Å². The molecule has 4 N–H and O–H groups in total. The molecule has 1 aliphatic heterocycles. The van der Waals surface area contributed by atoms with Gasteiger partial charge in [0.1, 0.15) is 16.6 Å². The van der Waals surface area contributed by atoms with E-state index in [4.69, 9.17) is 5.84 Å². The fraction of sp³-hybridized carbons (Fsp3) is 0.636. The molecule has 1 aliphatic rings. The number of aromatic nitrogens is 2. The van der Waals surface area contributed by atoms with Crippen molar-refractivity contribution in [2.45, 2.75) is 31.8 Å². The summed E-state index contributed by atoms with van der Waals surface area (Å²) >= 11 is 3.46. The van der Waals surface area contributed by atoms with E-state index in [0.29, 0.717) is 5.82 Å². The Kier molecular flexibility index (Phi) is 4.04. The van der Waals surface area contributed by atoms with Crippen molar-refractivity contribution in [2.75, 3.05) is 23.4 Å². The van der Waals surface area contributed by atoms with Crippen molar-refractivity contribution >= 4 is 27.6 Å². The Balaban J connectivity index is 2.21. The first-order valence-corrected chi connectivity index (χ1v) is 6.77. The Morgan fingerprint density at radius 3 is 2.94 bits per heavy atom. The van der Waals surface area contributed by atoms with Gasteiger partial charge in [0, 0.05) is 13.1 Å². The molecule has 1 unspecified atom stereocenters. The Hall–Kier alpha value is -0.920. The number of nitrogens with one attached hydrogen (secondary N) is 1. The van der Waals surface area contributed by atoms with E-state index < -0.39 is 5.60 Å². The number of hydrogen-bond acceptors (Lipinski definition) is 6. The molecule has 1 atom stereocenters. The summed E-state index contributed by atoms with van der Waals surface area (Å²) in [5.41, 5.74) is 1.95. The first kappa shape index (κ1) is 13.5. The highest BCUT2D eigenvalue weighted by atomic mass is 79.9. The zero-order valence-electron chi connectivity index (χ0n) is 10.4. The Morgan fingerprint density at radius 2 is 2.22 bits per heavy atom. The predicted molar refractivity (Wildman–Crippen MR) is 74.2 cm³/mol. The van der Waals surface area contributed by atoms with Gasteiger partial charge in [0.25, 0.3) is 0 Å². The Morgan fingerprint density at radius 1 is 1.44 bits per heavy atom. The molecule has 2 heterocycles. The van der Waals surface area contributed by atoms with Crippen molar-refractivity contribution in [3.63, 3.8) is 0 Å². The highest BCUT2D eigenvalue weighted by Crippen LogP contribution is 2.31. The lowest BCUT2D eigenvalue weighted by molar-refractivity contribution is 0.0481. The van der Waals surface area contributed by atoms with Crippen molar-refractivity contribution in [2.24, 2.45) is 5.84 Å². The van der Waals surface area contributed by atoms with Crippen LogP contribution in [-0.4, -0.2) is 33.8 Å². The van der Waals surface area contributed by atoms with E-state index in [9.17, 15) is 5.11 Å². The molecule has 0 amide bonds. The smallest absolute Gasteiger partial charge is 0.159 e. The Bertz CT molecular complexity index is 426. The van der Waals surface area contributed by atoms with E-state index in [2.05, 4.69) is 36.2 Å². The minimum Gasteiger partial charge on any atom is -0.390 e. The van der Waals surface area contributed by atoms with Crippen molar-refractivity contribution in [3.8, 4) is 0 Å². The van der Waals surface area contributed by atoms with Crippen LogP contribution in [0.1, 0.15) is 26.2 Å². The first-order valence-electron chi connectivity index (χ1n) is 5.98. The normalized spacial score (nSPS) is 24.8. The standard InChI is InChI=1S/C11H18BrN5O/c1-11(18)3-2-5-17(6-4-11)10-8(12)9(16-13)14-7-15-10/h7,18H,2-6,13H2,1H3,(H,14,15,16). The largest absolute Gasteiger partial charge is 0.390 e. The first-order chi connectivity index (χ1) is 8.53. The third-order valence-corrected chi connectivity index (χ3v) is 4.00. The third-order valence-electron chi connectivity index (χ3n) is 3.27. The maximum atomic E-state index is 10.1. The molecule has 7 heteroatoms. The number of nitrogens with zero attached hydrogens (tertiary/aromatic N) is 3. The highest BCUT2D eigenvalue weighted by Gasteiger charge is 2.26. The van der Waals surface area contributed by atoms with Gasteiger partial charge in [0.05, 0.1) is 5.60 Å². The number of hydrazine groups is 1. The number of anilines is 2. The number of rotatable bonds is 2. The summed E-state index contributed by atoms with van der Waals surface area (Å²) in [5, 5.41) is 10.1. The molecule has 1 saturated heterocycles. The van der Waals surface area contributed by atoms with Crippen LogP contribution in [0, 0.1) is 0 Å². The topological polar surface area (TPSA) is 87.3 Å². The summed E-state index contributed by atoms with van der Waals surface area (Å²) in [5.74, 6) is 6.78. The number of halogens is 1. The average molecular weight is 316 g/mol. The second-order valence-electron chi connectivity index (χ2n) is 4.84. The SMILES string of the molecule is CC1(O)CCCN(c2ncnc(NN)c2Br)CC1. The van der Waals surface area contributed by atoms with Gasteiger partial charge in [-0.1, -0.05) is 0 Å². The van der Waals surface area contributed by atoms with Crippen LogP contribution in [-0.2, 0) is 0 Å². The molecule has 0 bridgehead atoms. The van der Waals surface area contributed by atoms with E-state index in [1.54, 1.807) is 0 Å². The predicted octanol–water partition coefficient (Wildman–Crippen LogP) is 1.27. The maximum Gasteiger partial charge on any atom is 0.159 e. The van der Waals surface area contributed by atoms with Crippen LogP contribution in [0.4, 0.5) is 11.6 Å². The summed E-state index contributed by atoms with van der Waals surface area (Å²) in [6.07, 6.45) is 3.97. The lowest BCUT2D eigenvalue weighted by Gasteiger charge is -2.24. The van der Waals surface area contributed by atoms with Crippen LogP contribution in [0.5, 0.6) is 0 Å². The van der Waals surface area contributed by atoms with Crippen LogP contribution < -0.4 is 16.2 Å². The van der Waals surface area contributed by atoms with E-state index in [1.807, 2.05) is 6.92 Å². The average Bonchev–Trinajstić information content (AvgIpc) is 2.51. The summed E-state index contributed by atoms with van der Waals surface area (Å²) < 4.78 is 0.758. The fourth-order valence-corrected chi connectivity index (χ4v) is 2.73. The second kappa shape index (κ2) is 5.38. The molecule has 0 radical (unpaired) electrons. The molecule has 0 spiro atoms. The monoisotopic (exact) mass is 315 g/mol. The van der Waals surface area contributed by atoms with Gasteiger partial charge in [0.2, 0.25) is 0 Å².